The number of thiocarbonyl (C=S) groups is 1. The zero-order chi connectivity index (χ0) is 18.2. The van der Waals surface area contributed by atoms with E-state index in [1.54, 1.807) is 0 Å². The van der Waals surface area contributed by atoms with Crippen molar-refractivity contribution in [3.8, 4) is 11.5 Å². The van der Waals surface area contributed by atoms with Crippen LogP contribution >= 0.6 is 12.2 Å². The van der Waals surface area contributed by atoms with E-state index in [-0.39, 0.29) is 12.2 Å². The molecule has 0 unspecified atom stereocenters. The normalized spacial score (nSPS) is 10.6. The molecule has 0 aromatic heterocycles. The predicted octanol–water partition coefficient (Wildman–Crippen LogP) is 4.75. The molecule has 2 rings (SSSR count). The zero-order valence-electron chi connectivity index (χ0n) is 15.2. The topological polar surface area (TPSA) is 42.5 Å². The monoisotopic (exact) mass is 358 g/mol. The van der Waals surface area contributed by atoms with Gasteiger partial charge in [0.15, 0.2) is 5.11 Å². The summed E-state index contributed by atoms with van der Waals surface area (Å²) in [4.78, 5) is 0. The minimum Gasteiger partial charge on any atom is -0.491 e. The smallest absolute Gasteiger partial charge is 0.171 e. The lowest BCUT2D eigenvalue weighted by atomic mass is 10.2. The van der Waals surface area contributed by atoms with Crippen LogP contribution in [0.4, 0.5) is 5.69 Å². The fourth-order valence-electron chi connectivity index (χ4n) is 2.25. The largest absolute Gasteiger partial charge is 0.491 e. The van der Waals surface area contributed by atoms with Gasteiger partial charge in [-0.15, -0.1) is 0 Å². The van der Waals surface area contributed by atoms with Crippen LogP contribution in [0.15, 0.2) is 48.5 Å². The summed E-state index contributed by atoms with van der Waals surface area (Å²) in [5, 5.41) is 6.96. The molecule has 0 saturated heterocycles. The number of hydrogen-bond acceptors (Lipinski definition) is 3. The minimum absolute atomic E-state index is 0.161. The van der Waals surface area contributed by atoms with Crippen molar-refractivity contribution in [1.82, 2.24) is 5.32 Å². The molecular weight excluding hydrogens is 332 g/mol. The van der Waals surface area contributed by atoms with Gasteiger partial charge in [-0.25, -0.2) is 0 Å². The maximum atomic E-state index is 5.71. The van der Waals surface area contributed by atoms with Crippen molar-refractivity contribution in [3.63, 3.8) is 0 Å². The molecule has 2 N–H and O–H groups in total. The molecule has 134 valence electrons. The molecule has 0 aliphatic heterocycles. The van der Waals surface area contributed by atoms with Gasteiger partial charge in [0.25, 0.3) is 0 Å². The maximum Gasteiger partial charge on any atom is 0.171 e. The summed E-state index contributed by atoms with van der Waals surface area (Å²) in [6.45, 7) is 8.68. The van der Waals surface area contributed by atoms with Crippen molar-refractivity contribution in [2.75, 3.05) is 5.32 Å². The number of rotatable bonds is 7. The molecule has 0 fully saturated rings. The Balaban J connectivity index is 1.84. The first-order chi connectivity index (χ1) is 11.9. The van der Waals surface area contributed by atoms with Gasteiger partial charge in [-0.3, -0.25) is 0 Å². The zero-order valence-corrected chi connectivity index (χ0v) is 16.0. The first-order valence-electron chi connectivity index (χ1n) is 8.49. The number of hydrogen-bond donors (Lipinski definition) is 2. The number of anilines is 1. The third-order valence-electron chi connectivity index (χ3n) is 3.21. The first-order valence-corrected chi connectivity index (χ1v) is 8.90. The van der Waals surface area contributed by atoms with Crippen molar-refractivity contribution in [2.24, 2.45) is 0 Å². The Hall–Kier alpha value is -2.27. The van der Waals surface area contributed by atoms with Gasteiger partial charge in [0.2, 0.25) is 0 Å². The highest BCUT2D eigenvalue weighted by atomic mass is 32.1. The molecule has 0 bridgehead atoms. The third kappa shape index (κ3) is 7.01. The van der Waals surface area contributed by atoms with Gasteiger partial charge >= 0.3 is 0 Å². The van der Waals surface area contributed by atoms with Gasteiger partial charge in [0, 0.05) is 12.2 Å². The molecule has 0 radical (unpaired) electrons. The van der Waals surface area contributed by atoms with E-state index in [0.717, 1.165) is 22.7 Å². The lowest BCUT2D eigenvalue weighted by molar-refractivity contribution is 0.242. The van der Waals surface area contributed by atoms with Gasteiger partial charge in [0.1, 0.15) is 11.5 Å². The van der Waals surface area contributed by atoms with Crippen LogP contribution < -0.4 is 20.1 Å². The average molecular weight is 359 g/mol. The summed E-state index contributed by atoms with van der Waals surface area (Å²) in [6.07, 6.45) is 0.325. The first kappa shape index (κ1) is 19.1. The number of nitrogens with one attached hydrogen (secondary N) is 2. The van der Waals surface area contributed by atoms with E-state index >= 15 is 0 Å². The van der Waals surface area contributed by atoms with E-state index in [1.165, 1.54) is 0 Å². The second-order valence-corrected chi connectivity index (χ2v) is 6.72. The van der Waals surface area contributed by atoms with Crippen molar-refractivity contribution in [1.29, 1.82) is 0 Å². The van der Waals surface area contributed by atoms with Crippen molar-refractivity contribution >= 4 is 23.0 Å². The number of ether oxygens (including phenoxy) is 2. The Kier molecular flexibility index (Phi) is 7.07. The molecule has 2 aromatic carbocycles. The molecular formula is C20H26N2O2S. The predicted molar refractivity (Wildman–Crippen MR) is 107 cm³/mol. The Morgan fingerprint density at radius 3 is 2.20 bits per heavy atom. The molecule has 2 aromatic rings. The van der Waals surface area contributed by atoms with Gasteiger partial charge in [-0.2, -0.15) is 0 Å². The standard InChI is InChI=1S/C20H26N2O2S/c1-14(2)23-18-10-8-17(9-11-18)22-20(25)21-13-16-6-5-7-19(12-16)24-15(3)4/h5-12,14-15H,13H2,1-4H3,(H2,21,22,25). The van der Waals surface area contributed by atoms with E-state index < -0.39 is 0 Å². The van der Waals surface area contributed by atoms with Crippen molar-refractivity contribution < 1.29 is 9.47 Å². The Morgan fingerprint density at radius 2 is 1.56 bits per heavy atom. The van der Waals surface area contributed by atoms with Crippen LogP contribution in [0.2, 0.25) is 0 Å². The summed E-state index contributed by atoms with van der Waals surface area (Å²) >= 11 is 5.36. The van der Waals surface area contributed by atoms with Gasteiger partial charge in [-0.05, 0) is 81.9 Å². The van der Waals surface area contributed by atoms with Crippen molar-refractivity contribution in [2.45, 2.75) is 46.4 Å². The van der Waals surface area contributed by atoms with Crippen LogP contribution in [-0.2, 0) is 6.54 Å². The van der Waals surface area contributed by atoms with Crippen LogP contribution in [0.5, 0.6) is 11.5 Å². The van der Waals surface area contributed by atoms with Gasteiger partial charge in [-0.1, -0.05) is 12.1 Å². The van der Waals surface area contributed by atoms with Crippen LogP contribution in [0, 0.1) is 0 Å². The van der Waals surface area contributed by atoms with Crippen LogP contribution in [0.3, 0.4) is 0 Å². The summed E-state index contributed by atoms with van der Waals surface area (Å²) in [5.41, 5.74) is 2.04. The molecule has 4 nitrogen and oxygen atoms in total. The molecule has 0 amide bonds. The Morgan fingerprint density at radius 1 is 0.920 bits per heavy atom. The molecule has 0 heterocycles. The van der Waals surface area contributed by atoms with Crippen LogP contribution in [0.1, 0.15) is 33.3 Å². The summed E-state index contributed by atoms with van der Waals surface area (Å²) in [6, 6.07) is 15.8. The molecule has 0 aliphatic carbocycles. The minimum atomic E-state index is 0.161. The SMILES string of the molecule is CC(C)Oc1ccc(NC(=S)NCc2cccc(OC(C)C)c2)cc1. The van der Waals surface area contributed by atoms with Gasteiger partial charge in [0.05, 0.1) is 12.2 Å². The lowest BCUT2D eigenvalue weighted by Crippen LogP contribution is -2.27. The molecule has 0 spiro atoms. The van der Waals surface area contributed by atoms with E-state index in [9.17, 15) is 0 Å². The fourth-order valence-corrected chi connectivity index (χ4v) is 2.44. The highest BCUT2D eigenvalue weighted by Crippen LogP contribution is 2.17. The van der Waals surface area contributed by atoms with Crippen LogP contribution in [-0.4, -0.2) is 17.3 Å². The van der Waals surface area contributed by atoms with Gasteiger partial charge < -0.3 is 20.1 Å². The Labute approximate surface area is 155 Å². The van der Waals surface area contributed by atoms with E-state index in [4.69, 9.17) is 21.7 Å². The summed E-state index contributed by atoms with van der Waals surface area (Å²) < 4.78 is 11.3. The molecule has 0 atom stereocenters. The average Bonchev–Trinajstić information content (AvgIpc) is 2.54. The molecule has 0 saturated carbocycles. The van der Waals surface area contributed by atoms with E-state index in [2.05, 4.69) is 10.6 Å². The quantitative estimate of drug-likeness (QED) is 0.699. The van der Waals surface area contributed by atoms with E-state index in [1.807, 2.05) is 76.2 Å². The highest BCUT2D eigenvalue weighted by Gasteiger charge is 2.02. The second-order valence-electron chi connectivity index (χ2n) is 6.31. The van der Waals surface area contributed by atoms with Crippen molar-refractivity contribution in [3.05, 3.63) is 54.1 Å². The molecule has 0 aliphatic rings. The summed E-state index contributed by atoms with van der Waals surface area (Å²) in [7, 11) is 0. The fraction of sp³-hybridized carbons (Fsp3) is 0.350. The summed E-state index contributed by atoms with van der Waals surface area (Å²) in [5.74, 6) is 1.72. The molecule has 5 heteroatoms. The van der Waals surface area contributed by atoms with Crippen LogP contribution in [0.25, 0.3) is 0 Å². The Bertz CT molecular complexity index is 684. The highest BCUT2D eigenvalue weighted by molar-refractivity contribution is 7.80. The van der Waals surface area contributed by atoms with E-state index in [0.29, 0.717) is 11.7 Å². The molecule has 25 heavy (non-hydrogen) atoms. The third-order valence-corrected chi connectivity index (χ3v) is 3.45. The second kappa shape index (κ2) is 9.28. The lowest BCUT2D eigenvalue weighted by Gasteiger charge is -2.14. The maximum absolute atomic E-state index is 5.71. The number of benzene rings is 2.